The van der Waals surface area contributed by atoms with Gasteiger partial charge in [-0.3, -0.25) is 14.9 Å². The van der Waals surface area contributed by atoms with Crippen LogP contribution in [0.5, 0.6) is 0 Å². The summed E-state index contributed by atoms with van der Waals surface area (Å²) < 4.78 is 0. The summed E-state index contributed by atoms with van der Waals surface area (Å²) in [4.78, 5) is 24.6. The summed E-state index contributed by atoms with van der Waals surface area (Å²) >= 11 is 0. The van der Waals surface area contributed by atoms with Crippen molar-refractivity contribution in [2.45, 2.75) is 31.6 Å². The van der Waals surface area contributed by atoms with E-state index in [2.05, 4.69) is 10.6 Å². The van der Waals surface area contributed by atoms with Crippen LogP contribution in [0.2, 0.25) is 0 Å². The number of carbonyl (C=O) groups excluding carboxylic acids is 2. The molecule has 0 bridgehead atoms. The lowest BCUT2D eigenvalue weighted by atomic mass is 9.58. The third kappa shape index (κ3) is 2.27. The van der Waals surface area contributed by atoms with Gasteiger partial charge in [-0.05, 0) is 43.3 Å². The Balaban J connectivity index is 2.09. The minimum atomic E-state index is -0.572. The molecule has 2 atom stereocenters. The molecule has 1 aromatic rings. The first-order chi connectivity index (χ1) is 10.2. The third-order valence-electron chi connectivity index (χ3n) is 5.13. The summed E-state index contributed by atoms with van der Waals surface area (Å²) in [5.41, 5.74) is 0.478. The number of amides is 2. The topological polar surface area (TPSA) is 58.2 Å². The fourth-order valence-electron chi connectivity index (χ4n) is 4.17. The standard InChI is InChI=1S/C17H22N2O2/c1-12-11-15(20)19-16(21)17(12,13-5-3-2-4-6-13)14-7-9-18-10-8-14/h2-6,12,14,18H,7-11H2,1H3,(H,19,20,21). The van der Waals surface area contributed by atoms with Crippen LogP contribution in [0.4, 0.5) is 0 Å². The summed E-state index contributed by atoms with van der Waals surface area (Å²) in [5, 5.41) is 5.96. The van der Waals surface area contributed by atoms with Gasteiger partial charge in [0.2, 0.25) is 11.8 Å². The van der Waals surface area contributed by atoms with Gasteiger partial charge < -0.3 is 5.32 Å². The van der Waals surface area contributed by atoms with Crippen molar-refractivity contribution in [3.63, 3.8) is 0 Å². The minimum absolute atomic E-state index is 0.0317. The fourth-order valence-corrected chi connectivity index (χ4v) is 4.17. The number of hydrogen-bond donors (Lipinski definition) is 2. The molecule has 2 N–H and O–H groups in total. The molecule has 2 saturated heterocycles. The summed E-state index contributed by atoms with van der Waals surface area (Å²) in [6.07, 6.45) is 2.37. The van der Waals surface area contributed by atoms with Gasteiger partial charge in [-0.1, -0.05) is 37.3 Å². The first-order valence-electron chi connectivity index (χ1n) is 7.76. The van der Waals surface area contributed by atoms with E-state index in [-0.39, 0.29) is 23.7 Å². The lowest BCUT2D eigenvalue weighted by molar-refractivity contribution is -0.143. The molecule has 112 valence electrons. The van der Waals surface area contributed by atoms with Gasteiger partial charge in [0.1, 0.15) is 0 Å². The maximum atomic E-state index is 12.9. The maximum Gasteiger partial charge on any atom is 0.237 e. The molecule has 2 heterocycles. The van der Waals surface area contributed by atoms with Crippen LogP contribution in [-0.2, 0) is 15.0 Å². The van der Waals surface area contributed by atoms with Gasteiger partial charge in [0.25, 0.3) is 0 Å². The Morgan fingerprint density at radius 2 is 1.76 bits per heavy atom. The van der Waals surface area contributed by atoms with Gasteiger partial charge in [0.05, 0.1) is 5.41 Å². The quantitative estimate of drug-likeness (QED) is 0.812. The van der Waals surface area contributed by atoms with Crippen molar-refractivity contribution in [1.82, 2.24) is 10.6 Å². The molecule has 0 saturated carbocycles. The predicted molar refractivity (Wildman–Crippen MR) is 80.6 cm³/mol. The average molecular weight is 286 g/mol. The van der Waals surface area contributed by atoms with Crippen LogP contribution >= 0.6 is 0 Å². The highest BCUT2D eigenvalue weighted by atomic mass is 16.2. The molecule has 2 aliphatic heterocycles. The SMILES string of the molecule is CC1CC(=O)NC(=O)C1(c1ccccc1)C1CCNCC1. The zero-order valence-electron chi connectivity index (χ0n) is 12.4. The summed E-state index contributed by atoms with van der Waals surface area (Å²) in [5.74, 6) is 0.0610. The lowest BCUT2D eigenvalue weighted by Gasteiger charge is -2.47. The highest BCUT2D eigenvalue weighted by molar-refractivity contribution is 6.04. The number of benzene rings is 1. The molecular weight excluding hydrogens is 264 g/mol. The van der Waals surface area contributed by atoms with Crippen LogP contribution in [0.15, 0.2) is 30.3 Å². The number of nitrogens with one attached hydrogen (secondary N) is 2. The Bertz CT molecular complexity index is 537. The highest BCUT2D eigenvalue weighted by Crippen LogP contribution is 2.46. The minimum Gasteiger partial charge on any atom is -0.317 e. The van der Waals surface area contributed by atoms with Crippen LogP contribution in [0.3, 0.4) is 0 Å². The van der Waals surface area contributed by atoms with Crippen molar-refractivity contribution in [2.75, 3.05) is 13.1 Å². The van der Waals surface area contributed by atoms with E-state index in [1.807, 2.05) is 37.3 Å². The molecule has 3 rings (SSSR count). The second-order valence-corrected chi connectivity index (χ2v) is 6.24. The zero-order chi connectivity index (χ0) is 14.9. The number of carbonyl (C=O) groups is 2. The third-order valence-corrected chi connectivity index (χ3v) is 5.13. The van der Waals surface area contributed by atoms with Crippen LogP contribution in [-0.4, -0.2) is 24.9 Å². The fraction of sp³-hybridized carbons (Fsp3) is 0.529. The lowest BCUT2D eigenvalue weighted by Crippen LogP contribution is -2.60. The zero-order valence-corrected chi connectivity index (χ0v) is 12.4. The number of imide groups is 1. The Morgan fingerprint density at radius 1 is 1.10 bits per heavy atom. The molecule has 0 aromatic heterocycles. The predicted octanol–water partition coefficient (Wildman–Crippen LogP) is 1.61. The summed E-state index contributed by atoms with van der Waals surface area (Å²) in [6.45, 7) is 3.92. The molecular formula is C17H22N2O2. The van der Waals surface area contributed by atoms with E-state index >= 15 is 0 Å². The van der Waals surface area contributed by atoms with Gasteiger partial charge in [-0.25, -0.2) is 0 Å². The van der Waals surface area contributed by atoms with Crippen LogP contribution in [0.1, 0.15) is 31.7 Å². The first-order valence-corrected chi connectivity index (χ1v) is 7.76. The average Bonchev–Trinajstić information content (AvgIpc) is 2.49. The molecule has 0 spiro atoms. The van der Waals surface area contributed by atoms with Gasteiger partial charge in [-0.2, -0.15) is 0 Å². The molecule has 2 aliphatic rings. The Labute approximate surface area is 125 Å². The van der Waals surface area contributed by atoms with Crippen molar-refractivity contribution < 1.29 is 9.59 Å². The van der Waals surface area contributed by atoms with E-state index in [0.717, 1.165) is 31.5 Å². The molecule has 2 unspecified atom stereocenters. The van der Waals surface area contributed by atoms with E-state index in [1.165, 1.54) is 0 Å². The van der Waals surface area contributed by atoms with E-state index in [1.54, 1.807) is 0 Å². The van der Waals surface area contributed by atoms with E-state index in [4.69, 9.17) is 0 Å². The molecule has 21 heavy (non-hydrogen) atoms. The molecule has 4 nitrogen and oxygen atoms in total. The number of rotatable bonds is 2. The summed E-state index contributed by atoms with van der Waals surface area (Å²) in [6, 6.07) is 10.0. The molecule has 4 heteroatoms. The largest absolute Gasteiger partial charge is 0.317 e. The van der Waals surface area contributed by atoms with E-state index < -0.39 is 5.41 Å². The van der Waals surface area contributed by atoms with Gasteiger partial charge in [-0.15, -0.1) is 0 Å². The highest BCUT2D eigenvalue weighted by Gasteiger charge is 2.54. The smallest absolute Gasteiger partial charge is 0.237 e. The molecule has 2 amide bonds. The van der Waals surface area contributed by atoms with Crippen LogP contribution < -0.4 is 10.6 Å². The Morgan fingerprint density at radius 3 is 2.38 bits per heavy atom. The molecule has 2 fully saturated rings. The Hall–Kier alpha value is -1.68. The van der Waals surface area contributed by atoms with Crippen LogP contribution in [0, 0.1) is 11.8 Å². The monoisotopic (exact) mass is 286 g/mol. The second-order valence-electron chi connectivity index (χ2n) is 6.24. The normalized spacial score (nSPS) is 31.0. The molecule has 1 aromatic carbocycles. The number of hydrogen-bond acceptors (Lipinski definition) is 3. The van der Waals surface area contributed by atoms with E-state index in [0.29, 0.717) is 6.42 Å². The van der Waals surface area contributed by atoms with Gasteiger partial charge in [0.15, 0.2) is 0 Å². The van der Waals surface area contributed by atoms with E-state index in [9.17, 15) is 9.59 Å². The Kier molecular flexibility index (Phi) is 3.81. The molecule has 0 aliphatic carbocycles. The van der Waals surface area contributed by atoms with Gasteiger partial charge in [0, 0.05) is 6.42 Å². The molecule has 0 radical (unpaired) electrons. The van der Waals surface area contributed by atoms with Crippen LogP contribution in [0.25, 0.3) is 0 Å². The maximum absolute atomic E-state index is 12.9. The van der Waals surface area contributed by atoms with Gasteiger partial charge >= 0.3 is 0 Å². The van der Waals surface area contributed by atoms with Crippen molar-refractivity contribution >= 4 is 11.8 Å². The first kappa shape index (κ1) is 14.3. The van der Waals surface area contributed by atoms with Crippen molar-refractivity contribution in [1.29, 1.82) is 0 Å². The van der Waals surface area contributed by atoms with Crippen molar-refractivity contribution in [2.24, 2.45) is 11.8 Å². The number of piperidine rings is 2. The van der Waals surface area contributed by atoms with Crippen molar-refractivity contribution in [3.05, 3.63) is 35.9 Å². The summed E-state index contributed by atoms with van der Waals surface area (Å²) in [7, 11) is 0. The van der Waals surface area contributed by atoms with Crippen molar-refractivity contribution in [3.8, 4) is 0 Å². The second kappa shape index (κ2) is 5.60.